The second-order valence-corrected chi connectivity index (χ2v) is 6.15. The van der Waals surface area contributed by atoms with Gasteiger partial charge in [-0.3, -0.25) is 9.59 Å². The Morgan fingerprint density at radius 3 is 2.38 bits per heavy atom. The Morgan fingerprint density at radius 2 is 1.71 bits per heavy atom. The third-order valence-corrected chi connectivity index (χ3v) is 4.18. The summed E-state index contributed by atoms with van der Waals surface area (Å²) >= 11 is 0. The molecular formula is C19H23NO4. The molecule has 0 N–H and O–H groups in total. The molecule has 1 aliphatic carbocycles. The maximum absolute atomic E-state index is 11.7. The van der Waals surface area contributed by atoms with Gasteiger partial charge in [-0.1, -0.05) is 19.3 Å². The highest BCUT2D eigenvalue weighted by atomic mass is 16.5. The van der Waals surface area contributed by atoms with E-state index in [1.807, 2.05) is 6.07 Å². The van der Waals surface area contributed by atoms with Crippen LogP contribution in [0.1, 0.15) is 56.9 Å². The van der Waals surface area contributed by atoms with Gasteiger partial charge < -0.3 is 9.47 Å². The summed E-state index contributed by atoms with van der Waals surface area (Å²) in [5.41, 5.74) is 0.510. The van der Waals surface area contributed by atoms with Crippen LogP contribution in [0.5, 0.6) is 5.75 Å². The molecule has 0 saturated heterocycles. The van der Waals surface area contributed by atoms with Crippen LogP contribution in [0.2, 0.25) is 0 Å². The number of esters is 2. The third kappa shape index (κ3) is 6.41. The second kappa shape index (κ2) is 9.71. The maximum atomic E-state index is 11.7. The largest absolute Gasteiger partial charge is 0.465 e. The van der Waals surface area contributed by atoms with Crippen LogP contribution in [0.25, 0.3) is 0 Å². The summed E-state index contributed by atoms with van der Waals surface area (Å²) in [6.07, 6.45) is 6.83. The van der Waals surface area contributed by atoms with E-state index in [1.54, 1.807) is 24.3 Å². The summed E-state index contributed by atoms with van der Waals surface area (Å²) in [6, 6.07) is 8.33. The van der Waals surface area contributed by atoms with Crippen molar-refractivity contribution < 1.29 is 19.1 Å². The van der Waals surface area contributed by atoms with Crippen LogP contribution in [0, 0.1) is 17.2 Å². The van der Waals surface area contributed by atoms with Crippen molar-refractivity contribution in [1.82, 2.24) is 0 Å². The summed E-state index contributed by atoms with van der Waals surface area (Å²) in [6.45, 7) is 0.508. The fraction of sp³-hybridized carbons (Fsp3) is 0.526. The average Bonchev–Trinajstić information content (AvgIpc) is 2.61. The summed E-state index contributed by atoms with van der Waals surface area (Å²) in [5.74, 6) is 0.273. The van der Waals surface area contributed by atoms with Gasteiger partial charge in [-0.25, -0.2) is 0 Å². The second-order valence-electron chi connectivity index (χ2n) is 6.15. The zero-order valence-corrected chi connectivity index (χ0v) is 13.8. The maximum Gasteiger partial charge on any atom is 0.311 e. The molecule has 24 heavy (non-hydrogen) atoms. The lowest BCUT2D eigenvalue weighted by Gasteiger charge is -2.20. The van der Waals surface area contributed by atoms with Gasteiger partial charge in [0.1, 0.15) is 5.75 Å². The Kier molecular flexibility index (Phi) is 7.28. The minimum absolute atomic E-state index is 0.165. The smallest absolute Gasteiger partial charge is 0.311 e. The zero-order chi connectivity index (χ0) is 17.2. The van der Waals surface area contributed by atoms with Crippen molar-refractivity contribution in [3.63, 3.8) is 0 Å². The molecule has 0 heterocycles. The molecule has 0 spiro atoms. The molecule has 2 rings (SSSR count). The highest BCUT2D eigenvalue weighted by Gasteiger charge is 2.15. The van der Waals surface area contributed by atoms with Gasteiger partial charge in [0, 0.05) is 12.8 Å². The molecule has 1 aliphatic rings. The predicted molar refractivity (Wildman–Crippen MR) is 88.2 cm³/mol. The van der Waals surface area contributed by atoms with Crippen LogP contribution in [-0.4, -0.2) is 18.5 Å². The van der Waals surface area contributed by atoms with E-state index in [4.69, 9.17) is 14.7 Å². The Hall–Kier alpha value is -2.35. The van der Waals surface area contributed by atoms with Gasteiger partial charge in [0.2, 0.25) is 0 Å². The summed E-state index contributed by atoms with van der Waals surface area (Å²) in [4.78, 5) is 23.4. The molecule has 0 atom stereocenters. The monoisotopic (exact) mass is 329 g/mol. The summed E-state index contributed by atoms with van der Waals surface area (Å²) < 4.78 is 10.4. The highest BCUT2D eigenvalue weighted by molar-refractivity contribution is 5.74. The number of ether oxygens (including phenoxy) is 2. The van der Waals surface area contributed by atoms with Crippen molar-refractivity contribution in [1.29, 1.82) is 5.26 Å². The first-order valence-corrected chi connectivity index (χ1v) is 8.54. The minimum atomic E-state index is -0.389. The molecule has 1 aromatic carbocycles. The van der Waals surface area contributed by atoms with E-state index >= 15 is 0 Å². The lowest BCUT2D eigenvalue weighted by molar-refractivity contribution is -0.145. The van der Waals surface area contributed by atoms with Gasteiger partial charge in [0.25, 0.3) is 0 Å². The van der Waals surface area contributed by atoms with E-state index in [0.29, 0.717) is 30.3 Å². The first-order chi connectivity index (χ1) is 11.7. The molecule has 0 unspecified atom stereocenters. The summed E-state index contributed by atoms with van der Waals surface area (Å²) in [7, 11) is 0. The number of nitrogens with zero attached hydrogens (tertiary/aromatic N) is 1. The van der Waals surface area contributed by atoms with Crippen LogP contribution in [0.4, 0.5) is 0 Å². The average molecular weight is 329 g/mol. The van der Waals surface area contributed by atoms with Gasteiger partial charge in [0.05, 0.1) is 18.2 Å². The molecule has 1 saturated carbocycles. The zero-order valence-electron chi connectivity index (χ0n) is 13.8. The minimum Gasteiger partial charge on any atom is -0.465 e. The van der Waals surface area contributed by atoms with Gasteiger partial charge in [-0.15, -0.1) is 0 Å². The molecule has 1 fully saturated rings. The Morgan fingerprint density at radius 1 is 1.04 bits per heavy atom. The Balaban J connectivity index is 1.59. The number of benzene rings is 1. The normalized spacial score (nSPS) is 14.6. The number of nitriles is 1. The van der Waals surface area contributed by atoms with Crippen molar-refractivity contribution in [2.75, 3.05) is 6.61 Å². The van der Waals surface area contributed by atoms with Crippen LogP contribution >= 0.6 is 0 Å². The SMILES string of the molecule is N#Cc1ccc(OC(=O)CCCC(=O)OCC2CCCCC2)cc1. The van der Waals surface area contributed by atoms with E-state index in [1.165, 1.54) is 19.3 Å². The van der Waals surface area contributed by atoms with E-state index in [9.17, 15) is 9.59 Å². The van der Waals surface area contributed by atoms with E-state index < -0.39 is 0 Å². The molecule has 0 amide bonds. The van der Waals surface area contributed by atoms with E-state index in [2.05, 4.69) is 0 Å². The van der Waals surface area contributed by atoms with Crippen LogP contribution in [0.3, 0.4) is 0 Å². The predicted octanol–water partition coefficient (Wildman–Crippen LogP) is 3.76. The molecule has 0 aliphatic heterocycles. The van der Waals surface area contributed by atoms with E-state index in [-0.39, 0.29) is 24.8 Å². The fourth-order valence-electron chi connectivity index (χ4n) is 2.79. The van der Waals surface area contributed by atoms with Crippen molar-refractivity contribution in [2.24, 2.45) is 5.92 Å². The van der Waals surface area contributed by atoms with Crippen molar-refractivity contribution >= 4 is 11.9 Å². The van der Waals surface area contributed by atoms with E-state index in [0.717, 1.165) is 12.8 Å². The molecule has 0 bridgehead atoms. The van der Waals surface area contributed by atoms with Gasteiger partial charge in [-0.2, -0.15) is 5.26 Å². The van der Waals surface area contributed by atoms with Crippen molar-refractivity contribution in [3.05, 3.63) is 29.8 Å². The lowest BCUT2D eigenvalue weighted by Crippen LogP contribution is -2.17. The van der Waals surface area contributed by atoms with Gasteiger partial charge >= 0.3 is 11.9 Å². The number of hydrogen-bond donors (Lipinski definition) is 0. The first kappa shape index (κ1) is 18.0. The molecule has 128 valence electrons. The standard InChI is InChI=1S/C19H23NO4/c20-13-15-9-11-17(12-10-15)24-19(22)8-4-7-18(21)23-14-16-5-2-1-3-6-16/h9-12,16H,1-8,14H2. The fourth-order valence-corrected chi connectivity index (χ4v) is 2.79. The molecule has 1 aromatic rings. The third-order valence-electron chi connectivity index (χ3n) is 4.18. The number of hydrogen-bond acceptors (Lipinski definition) is 5. The Labute approximate surface area is 142 Å². The highest BCUT2D eigenvalue weighted by Crippen LogP contribution is 2.23. The van der Waals surface area contributed by atoms with Gasteiger partial charge in [-0.05, 0) is 49.4 Å². The molecule has 0 radical (unpaired) electrons. The first-order valence-electron chi connectivity index (χ1n) is 8.54. The number of rotatable bonds is 7. The molecule has 5 nitrogen and oxygen atoms in total. The number of carbonyl (C=O) groups excluding carboxylic acids is 2. The van der Waals surface area contributed by atoms with Crippen LogP contribution in [0.15, 0.2) is 24.3 Å². The van der Waals surface area contributed by atoms with Crippen LogP contribution in [-0.2, 0) is 14.3 Å². The molecule has 5 heteroatoms. The molecule has 0 aromatic heterocycles. The lowest BCUT2D eigenvalue weighted by atomic mass is 9.90. The Bertz CT molecular complexity index is 582. The van der Waals surface area contributed by atoms with Gasteiger partial charge in [0.15, 0.2) is 0 Å². The van der Waals surface area contributed by atoms with Crippen molar-refractivity contribution in [2.45, 2.75) is 51.4 Å². The van der Waals surface area contributed by atoms with Crippen LogP contribution < -0.4 is 4.74 Å². The van der Waals surface area contributed by atoms with Crippen molar-refractivity contribution in [3.8, 4) is 11.8 Å². The molecular weight excluding hydrogens is 306 g/mol. The summed E-state index contributed by atoms with van der Waals surface area (Å²) in [5, 5.41) is 8.70. The topological polar surface area (TPSA) is 76.4 Å². The number of carbonyl (C=O) groups is 2. The quantitative estimate of drug-likeness (QED) is 0.562.